The van der Waals surface area contributed by atoms with Crippen LogP contribution in [0.2, 0.25) is 5.02 Å². The molecule has 2 heterocycles. The second-order valence-corrected chi connectivity index (χ2v) is 7.78. The zero-order chi connectivity index (χ0) is 21.6. The Hall–Kier alpha value is -3.31. The highest BCUT2D eigenvalue weighted by atomic mass is 35.5. The number of amides is 1. The molecule has 1 N–H and O–H groups in total. The van der Waals surface area contributed by atoms with Crippen LogP contribution in [0, 0.1) is 20.8 Å². The normalized spacial score (nSPS) is 18.3. The average molecular weight is 422 g/mol. The van der Waals surface area contributed by atoms with Gasteiger partial charge in [-0.05, 0) is 74.4 Å². The number of anilines is 1. The standard InChI is InChI=1S/C24H20ClNO4/c1-13-5-4-6-18(15(13)3)26-21(19-12-7-14(2)30-19)20(23(28)24(26)29)22(27)16-8-10-17(25)11-9-16/h4-12,21,27H,1-3H3/b22-20-. The summed E-state index contributed by atoms with van der Waals surface area (Å²) in [5, 5.41) is 11.5. The number of hydrogen-bond acceptors (Lipinski definition) is 4. The minimum Gasteiger partial charge on any atom is -0.507 e. The molecule has 1 saturated heterocycles. The monoisotopic (exact) mass is 421 g/mol. The van der Waals surface area contributed by atoms with Crippen molar-refractivity contribution in [2.24, 2.45) is 0 Å². The maximum absolute atomic E-state index is 13.1. The van der Waals surface area contributed by atoms with Crippen molar-refractivity contribution >= 4 is 34.7 Å². The minimum atomic E-state index is -0.880. The minimum absolute atomic E-state index is 0.0161. The lowest BCUT2D eigenvalue weighted by molar-refractivity contribution is -0.132. The van der Waals surface area contributed by atoms with Crippen LogP contribution in [0.5, 0.6) is 0 Å². The van der Waals surface area contributed by atoms with E-state index in [1.54, 1.807) is 49.4 Å². The van der Waals surface area contributed by atoms with Gasteiger partial charge in [-0.25, -0.2) is 0 Å². The molecule has 1 unspecified atom stereocenters. The van der Waals surface area contributed by atoms with Crippen LogP contribution in [0.15, 0.2) is 64.6 Å². The Kier molecular flexibility index (Phi) is 5.00. The van der Waals surface area contributed by atoms with E-state index in [1.807, 2.05) is 26.0 Å². The van der Waals surface area contributed by atoms with Gasteiger partial charge in [-0.15, -0.1) is 0 Å². The maximum atomic E-state index is 13.1. The summed E-state index contributed by atoms with van der Waals surface area (Å²) >= 11 is 5.95. The van der Waals surface area contributed by atoms with Gasteiger partial charge in [0.05, 0.1) is 5.57 Å². The molecule has 1 fully saturated rings. The second kappa shape index (κ2) is 7.50. The van der Waals surface area contributed by atoms with Gasteiger partial charge < -0.3 is 9.52 Å². The molecule has 1 amide bonds. The van der Waals surface area contributed by atoms with Crippen molar-refractivity contribution in [2.75, 3.05) is 4.90 Å². The first-order chi connectivity index (χ1) is 14.3. The first kappa shape index (κ1) is 20.0. The summed E-state index contributed by atoms with van der Waals surface area (Å²) < 4.78 is 5.81. The average Bonchev–Trinajstić information content (AvgIpc) is 3.26. The van der Waals surface area contributed by atoms with Gasteiger partial charge in [-0.3, -0.25) is 14.5 Å². The van der Waals surface area contributed by atoms with Gasteiger partial charge in [0.1, 0.15) is 23.3 Å². The molecule has 4 rings (SSSR count). The SMILES string of the molecule is Cc1ccc(C2/C(=C(/O)c3ccc(Cl)cc3)C(=O)C(=O)N2c2cccc(C)c2C)o1. The number of ketones is 1. The molecule has 152 valence electrons. The van der Waals surface area contributed by atoms with Gasteiger partial charge in [-0.2, -0.15) is 0 Å². The molecule has 0 spiro atoms. The van der Waals surface area contributed by atoms with E-state index in [4.69, 9.17) is 16.0 Å². The fourth-order valence-corrected chi connectivity index (χ4v) is 3.84. The Morgan fingerprint density at radius 3 is 2.33 bits per heavy atom. The first-order valence-electron chi connectivity index (χ1n) is 9.49. The Morgan fingerprint density at radius 2 is 1.70 bits per heavy atom. The number of Topliss-reactive ketones (excluding diaryl/α,β-unsaturated/α-hetero) is 1. The summed E-state index contributed by atoms with van der Waals surface area (Å²) in [5.74, 6) is -0.691. The van der Waals surface area contributed by atoms with E-state index in [9.17, 15) is 14.7 Å². The van der Waals surface area contributed by atoms with Crippen molar-refractivity contribution in [3.05, 3.63) is 93.4 Å². The number of aliphatic hydroxyl groups is 1. The van der Waals surface area contributed by atoms with E-state index in [1.165, 1.54) is 4.90 Å². The van der Waals surface area contributed by atoms with Crippen molar-refractivity contribution in [1.29, 1.82) is 0 Å². The summed E-state index contributed by atoms with van der Waals surface area (Å²) in [7, 11) is 0. The van der Waals surface area contributed by atoms with Gasteiger partial charge in [0.15, 0.2) is 0 Å². The molecular formula is C24H20ClNO4. The van der Waals surface area contributed by atoms with Gasteiger partial charge in [-0.1, -0.05) is 23.7 Å². The van der Waals surface area contributed by atoms with Crippen molar-refractivity contribution in [3.63, 3.8) is 0 Å². The molecule has 1 aromatic heterocycles. The van der Waals surface area contributed by atoms with Crippen LogP contribution >= 0.6 is 11.6 Å². The van der Waals surface area contributed by atoms with Crippen LogP contribution in [-0.2, 0) is 9.59 Å². The molecule has 1 atom stereocenters. The van der Waals surface area contributed by atoms with Crippen LogP contribution < -0.4 is 4.90 Å². The maximum Gasteiger partial charge on any atom is 0.300 e. The van der Waals surface area contributed by atoms with Crippen LogP contribution in [0.3, 0.4) is 0 Å². The predicted molar refractivity (Wildman–Crippen MR) is 116 cm³/mol. The Bertz CT molecular complexity index is 1190. The van der Waals surface area contributed by atoms with Crippen molar-refractivity contribution in [1.82, 2.24) is 0 Å². The Labute approximate surface area is 179 Å². The van der Waals surface area contributed by atoms with Crippen LogP contribution in [0.4, 0.5) is 5.69 Å². The highest BCUT2D eigenvalue weighted by molar-refractivity contribution is 6.51. The topological polar surface area (TPSA) is 70.8 Å². The van der Waals surface area contributed by atoms with Crippen LogP contribution in [0.1, 0.15) is 34.3 Å². The van der Waals surface area contributed by atoms with E-state index < -0.39 is 17.7 Å². The number of nitrogens with zero attached hydrogens (tertiary/aromatic N) is 1. The Balaban J connectivity index is 1.97. The third kappa shape index (κ3) is 3.21. The lowest BCUT2D eigenvalue weighted by Gasteiger charge is -2.25. The van der Waals surface area contributed by atoms with Crippen LogP contribution in [0.25, 0.3) is 5.76 Å². The molecule has 30 heavy (non-hydrogen) atoms. The molecule has 3 aromatic rings. The molecule has 0 aliphatic carbocycles. The molecule has 5 nitrogen and oxygen atoms in total. The number of hydrogen-bond donors (Lipinski definition) is 1. The molecule has 0 radical (unpaired) electrons. The molecule has 1 aliphatic rings. The van der Waals surface area contributed by atoms with Crippen molar-refractivity contribution < 1.29 is 19.1 Å². The summed E-state index contributed by atoms with van der Waals surface area (Å²) in [6.07, 6.45) is 0. The molecule has 0 bridgehead atoms. The van der Waals surface area contributed by atoms with Crippen molar-refractivity contribution in [2.45, 2.75) is 26.8 Å². The lowest BCUT2D eigenvalue weighted by atomic mass is 9.98. The number of furan rings is 1. The number of carbonyl (C=O) groups is 2. The molecule has 1 aliphatic heterocycles. The van der Waals surface area contributed by atoms with Gasteiger partial charge in [0, 0.05) is 16.3 Å². The highest BCUT2D eigenvalue weighted by Gasteiger charge is 2.48. The summed E-state index contributed by atoms with van der Waals surface area (Å²) in [6.45, 7) is 5.62. The highest BCUT2D eigenvalue weighted by Crippen LogP contribution is 2.43. The number of halogens is 1. The fourth-order valence-electron chi connectivity index (χ4n) is 3.71. The van der Waals surface area contributed by atoms with Gasteiger partial charge in [0.2, 0.25) is 0 Å². The first-order valence-corrected chi connectivity index (χ1v) is 9.87. The number of aryl methyl sites for hydroxylation is 2. The second-order valence-electron chi connectivity index (χ2n) is 7.34. The van der Waals surface area contributed by atoms with E-state index >= 15 is 0 Å². The van der Waals surface area contributed by atoms with E-state index in [0.29, 0.717) is 27.8 Å². The van der Waals surface area contributed by atoms with E-state index in [0.717, 1.165) is 11.1 Å². The third-order valence-electron chi connectivity index (χ3n) is 5.43. The zero-order valence-corrected chi connectivity index (χ0v) is 17.5. The largest absolute Gasteiger partial charge is 0.507 e. The molecule has 6 heteroatoms. The summed E-state index contributed by atoms with van der Waals surface area (Å²) in [6, 6.07) is 14.6. The quantitative estimate of drug-likeness (QED) is 0.345. The summed E-state index contributed by atoms with van der Waals surface area (Å²) in [4.78, 5) is 27.6. The van der Waals surface area contributed by atoms with Gasteiger partial charge >= 0.3 is 0 Å². The smallest absolute Gasteiger partial charge is 0.300 e. The van der Waals surface area contributed by atoms with Crippen molar-refractivity contribution in [3.8, 4) is 0 Å². The molecule has 2 aromatic carbocycles. The predicted octanol–water partition coefficient (Wildman–Crippen LogP) is 5.48. The number of rotatable bonds is 3. The summed E-state index contributed by atoms with van der Waals surface area (Å²) in [5.41, 5.74) is 2.84. The molecular weight excluding hydrogens is 402 g/mol. The number of benzene rings is 2. The Morgan fingerprint density at radius 1 is 1.00 bits per heavy atom. The molecule has 0 saturated carbocycles. The third-order valence-corrected chi connectivity index (χ3v) is 5.68. The fraction of sp³-hybridized carbons (Fsp3) is 0.167. The van der Waals surface area contributed by atoms with E-state index in [2.05, 4.69) is 0 Å². The number of aliphatic hydroxyl groups excluding tert-OH is 1. The van der Waals surface area contributed by atoms with E-state index in [-0.39, 0.29) is 11.3 Å². The van der Waals surface area contributed by atoms with Gasteiger partial charge in [0.25, 0.3) is 11.7 Å². The van der Waals surface area contributed by atoms with Crippen LogP contribution in [-0.4, -0.2) is 16.8 Å². The number of carbonyl (C=O) groups excluding carboxylic acids is 2. The zero-order valence-electron chi connectivity index (χ0n) is 16.8. The lowest BCUT2D eigenvalue weighted by Crippen LogP contribution is -2.30.